The van der Waals surface area contributed by atoms with Crippen molar-refractivity contribution < 1.29 is 13.3 Å². The first-order valence-electron chi connectivity index (χ1n) is 10.1. The quantitative estimate of drug-likeness (QED) is 0.431. The summed E-state index contributed by atoms with van der Waals surface area (Å²) in [6.07, 6.45) is 5.78. The van der Waals surface area contributed by atoms with Crippen LogP contribution < -0.4 is 13.3 Å². The van der Waals surface area contributed by atoms with Gasteiger partial charge in [-0.05, 0) is 49.2 Å². The molecule has 1 saturated carbocycles. The van der Waals surface area contributed by atoms with Gasteiger partial charge in [-0.2, -0.15) is 0 Å². The molecule has 3 aromatic rings. The minimum atomic E-state index is -3.12. The summed E-state index contributed by atoms with van der Waals surface area (Å²) in [5, 5.41) is 0. The molecule has 4 heteroatoms. The monoisotopic (exact) mass is 390 g/mol. The Morgan fingerprint density at radius 3 is 1.21 bits per heavy atom. The fourth-order valence-corrected chi connectivity index (χ4v) is 6.86. The fourth-order valence-electron chi connectivity index (χ4n) is 3.73. The lowest BCUT2D eigenvalue weighted by Crippen LogP contribution is -2.59. The van der Waals surface area contributed by atoms with Crippen LogP contribution in [0.15, 0.2) is 91.0 Å². The second-order valence-electron chi connectivity index (χ2n) is 7.18. The van der Waals surface area contributed by atoms with Crippen molar-refractivity contribution in [2.24, 2.45) is 0 Å². The third-order valence-electron chi connectivity index (χ3n) is 5.12. The summed E-state index contributed by atoms with van der Waals surface area (Å²) in [5.74, 6) is 2.39. The molecule has 0 N–H and O–H groups in total. The number of para-hydroxylation sites is 3. The van der Waals surface area contributed by atoms with Gasteiger partial charge in [0.25, 0.3) is 0 Å². The lowest BCUT2D eigenvalue weighted by atomic mass is 10.0. The van der Waals surface area contributed by atoms with Crippen LogP contribution in [0.4, 0.5) is 0 Å². The second-order valence-corrected chi connectivity index (χ2v) is 9.82. The van der Waals surface area contributed by atoms with Crippen LogP contribution in [-0.2, 0) is 0 Å². The van der Waals surface area contributed by atoms with Crippen LogP contribution in [0.5, 0.6) is 17.2 Å². The minimum Gasteiger partial charge on any atom is -0.483 e. The van der Waals surface area contributed by atoms with E-state index in [0.29, 0.717) is 0 Å². The van der Waals surface area contributed by atoms with E-state index < -0.39 is 8.80 Å². The zero-order valence-corrected chi connectivity index (χ0v) is 17.0. The van der Waals surface area contributed by atoms with Gasteiger partial charge in [0.05, 0.1) is 5.54 Å². The molecule has 3 aromatic carbocycles. The van der Waals surface area contributed by atoms with Crippen molar-refractivity contribution in [2.75, 3.05) is 0 Å². The summed E-state index contributed by atoms with van der Waals surface area (Å²) in [5.41, 5.74) is 0.266. The van der Waals surface area contributed by atoms with Gasteiger partial charge in [0, 0.05) is 0 Å². The highest BCUT2D eigenvalue weighted by molar-refractivity contribution is 6.64. The maximum absolute atomic E-state index is 6.64. The molecule has 0 heterocycles. The van der Waals surface area contributed by atoms with Gasteiger partial charge >= 0.3 is 8.80 Å². The first-order valence-corrected chi connectivity index (χ1v) is 11.9. The Hall–Kier alpha value is -2.72. The Morgan fingerprint density at radius 2 is 0.857 bits per heavy atom. The summed E-state index contributed by atoms with van der Waals surface area (Å²) in [6.45, 7) is 0. The zero-order chi connectivity index (χ0) is 19.1. The maximum Gasteiger partial charge on any atom is 0.702 e. The van der Waals surface area contributed by atoms with Crippen LogP contribution in [0.1, 0.15) is 32.1 Å². The van der Waals surface area contributed by atoms with Gasteiger partial charge in [0.1, 0.15) is 17.2 Å². The fraction of sp³-hybridized carbons (Fsp3) is 0.250. The number of rotatable bonds is 7. The van der Waals surface area contributed by atoms with Crippen molar-refractivity contribution in [1.82, 2.24) is 0 Å². The lowest BCUT2D eigenvalue weighted by Gasteiger charge is -2.37. The standard InChI is InChI=1S/C24H26O3Si/c1-5-13-21(14-6-1)25-28(24-19-11-4-12-20-24,26-22-15-7-2-8-16-22)27-23-17-9-3-10-18-23/h1-3,5-10,13-18,24H,4,11-12,19-20H2. The van der Waals surface area contributed by atoms with E-state index >= 15 is 0 Å². The molecule has 1 aliphatic rings. The Morgan fingerprint density at radius 1 is 0.500 bits per heavy atom. The molecule has 3 nitrogen and oxygen atoms in total. The molecule has 0 saturated heterocycles. The number of benzene rings is 3. The normalized spacial score (nSPS) is 15.0. The smallest absolute Gasteiger partial charge is 0.483 e. The van der Waals surface area contributed by atoms with Gasteiger partial charge in [-0.15, -0.1) is 0 Å². The average Bonchev–Trinajstić information content (AvgIpc) is 2.76. The third kappa shape index (κ3) is 4.57. The molecule has 0 aromatic heterocycles. The van der Waals surface area contributed by atoms with Crippen molar-refractivity contribution in [3.05, 3.63) is 91.0 Å². The van der Waals surface area contributed by atoms with Gasteiger partial charge in [-0.25, -0.2) is 0 Å². The highest BCUT2D eigenvalue weighted by atomic mass is 28.4. The predicted molar refractivity (Wildman–Crippen MR) is 114 cm³/mol. The Bertz CT molecular complexity index is 732. The molecular weight excluding hydrogens is 364 g/mol. The van der Waals surface area contributed by atoms with Gasteiger partial charge in [0.2, 0.25) is 0 Å². The summed E-state index contributed by atoms with van der Waals surface area (Å²) >= 11 is 0. The van der Waals surface area contributed by atoms with Crippen LogP contribution in [0.2, 0.25) is 5.54 Å². The Kier molecular flexibility index (Phi) is 5.97. The van der Waals surface area contributed by atoms with E-state index in [1.165, 1.54) is 19.3 Å². The molecule has 0 aliphatic heterocycles. The summed E-state index contributed by atoms with van der Waals surface area (Å²) in [4.78, 5) is 0. The number of hydrogen-bond acceptors (Lipinski definition) is 3. The summed E-state index contributed by atoms with van der Waals surface area (Å²) in [7, 11) is -3.12. The SMILES string of the molecule is c1ccc(O[Si](Oc2ccccc2)(Oc2ccccc2)C2CCCCC2)cc1. The summed E-state index contributed by atoms with van der Waals surface area (Å²) < 4.78 is 19.9. The van der Waals surface area contributed by atoms with Gasteiger partial charge in [0.15, 0.2) is 0 Å². The van der Waals surface area contributed by atoms with Crippen LogP contribution >= 0.6 is 0 Å². The van der Waals surface area contributed by atoms with E-state index in [9.17, 15) is 0 Å². The number of hydrogen-bond donors (Lipinski definition) is 0. The van der Waals surface area contributed by atoms with E-state index in [0.717, 1.165) is 30.1 Å². The molecule has 0 radical (unpaired) electrons. The van der Waals surface area contributed by atoms with E-state index in [1.54, 1.807) is 0 Å². The molecule has 0 spiro atoms. The maximum atomic E-state index is 6.64. The van der Waals surface area contributed by atoms with Crippen molar-refractivity contribution in [1.29, 1.82) is 0 Å². The molecule has 1 aliphatic carbocycles. The lowest BCUT2D eigenvalue weighted by molar-refractivity contribution is 0.227. The van der Waals surface area contributed by atoms with E-state index in [1.807, 2.05) is 91.0 Å². The highest BCUT2D eigenvalue weighted by Gasteiger charge is 2.57. The molecule has 4 rings (SSSR count). The summed E-state index contributed by atoms with van der Waals surface area (Å²) in [6, 6.07) is 29.8. The van der Waals surface area contributed by atoms with Gasteiger partial charge in [-0.3, -0.25) is 0 Å². The Balaban J connectivity index is 1.74. The van der Waals surface area contributed by atoms with Crippen LogP contribution in [0.3, 0.4) is 0 Å². The average molecular weight is 391 g/mol. The van der Waals surface area contributed by atoms with Gasteiger partial charge in [-0.1, -0.05) is 73.9 Å². The predicted octanol–water partition coefficient (Wildman–Crippen LogP) is 6.50. The zero-order valence-electron chi connectivity index (χ0n) is 16.0. The second kappa shape index (κ2) is 8.98. The minimum absolute atomic E-state index is 0.266. The third-order valence-corrected chi connectivity index (χ3v) is 8.25. The topological polar surface area (TPSA) is 27.7 Å². The van der Waals surface area contributed by atoms with Crippen molar-refractivity contribution in [2.45, 2.75) is 37.6 Å². The van der Waals surface area contributed by atoms with Crippen molar-refractivity contribution in [3.8, 4) is 17.2 Å². The van der Waals surface area contributed by atoms with E-state index in [2.05, 4.69) is 0 Å². The molecular formula is C24H26O3Si. The molecule has 0 atom stereocenters. The molecule has 0 bridgehead atoms. The van der Waals surface area contributed by atoms with E-state index in [-0.39, 0.29) is 5.54 Å². The van der Waals surface area contributed by atoms with Crippen LogP contribution in [0, 0.1) is 0 Å². The van der Waals surface area contributed by atoms with Crippen LogP contribution in [0.25, 0.3) is 0 Å². The molecule has 1 fully saturated rings. The van der Waals surface area contributed by atoms with Crippen LogP contribution in [-0.4, -0.2) is 8.80 Å². The van der Waals surface area contributed by atoms with E-state index in [4.69, 9.17) is 13.3 Å². The largest absolute Gasteiger partial charge is 0.702 e. The van der Waals surface area contributed by atoms with Gasteiger partial charge < -0.3 is 13.3 Å². The first-order chi connectivity index (χ1) is 13.8. The Labute approximate surface area is 168 Å². The van der Waals surface area contributed by atoms with Crippen molar-refractivity contribution in [3.63, 3.8) is 0 Å². The van der Waals surface area contributed by atoms with Crippen molar-refractivity contribution >= 4 is 8.80 Å². The highest BCUT2D eigenvalue weighted by Crippen LogP contribution is 2.40. The first kappa shape index (κ1) is 18.6. The molecule has 0 amide bonds. The molecule has 0 unspecified atom stereocenters. The molecule has 28 heavy (non-hydrogen) atoms. The molecule has 144 valence electrons.